The lowest BCUT2D eigenvalue weighted by Crippen LogP contribution is -2.35. The second kappa shape index (κ2) is 5.94. The van der Waals surface area contributed by atoms with Crippen LogP contribution in [0.25, 0.3) is 0 Å². The van der Waals surface area contributed by atoms with Gasteiger partial charge in [-0.05, 0) is 31.8 Å². The Labute approximate surface area is 107 Å². The van der Waals surface area contributed by atoms with Crippen LogP contribution < -0.4 is 0 Å². The summed E-state index contributed by atoms with van der Waals surface area (Å²) in [6.45, 7) is 7.93. The Hall–Kier alpha value is -0.450. The Morgan fingerprint density at radius 1 is 1.47 bits per heavy atom. The molecule has 1 aliphatic heterocycles. The first-order valence-electron chi connectivity index (χ1n) is 6.25. The lowest BCUT2D eigenvalue weighted by molar-refractivity contribution is 0.219. The summed E-state index contributed by atoms with van der Waals surface area (Å²) < 4.78 is 0. The SMILES string of the molecule is C[C](C)CN1CCC(c2nc(CO)cs2)CC1. The van der Waals surface area contributed by atoms with Gasteiger partial charge in [0.15, 0.2) is 0 Å². The van der Waals surface area contributed by atoms with Crippen molar-refractivity contribution in [1.82, 2.24) is 9.88 Å². The minimum atomic E-state index is 0.0688. The quantitative estimate of drug-likeness (QED) is 0.895. The van der Waals surface area contributed by atoms with Gasteiger partial charge in [0, 0.05) is 17.8 Å². The molecule has 4 heteroatoms. The van der Waals surface area contributed by atoms with Crippen LogP contribution in [0.2, 0.25) is 0 Å². The van der Waals surface area contributed by atoms with Gasteiger partial charge in [0.05, 0.1) is 17.3 Å². The molecule has 0 atom stereocenters. The van der Waals surface area contributed by atoms with Crippen molar-refractivity contribution in [3.05, 3.63) is 22.0 Å². The second-order valence-corrected chi connectivity index (χ2v) is 5.98. The molecule has 1 N–H and O–H groups in total. The molecule has 1 fully saturated rings. The maximum absolute atomic E-state index is 9.02. The fourth-order valence-electron chi connectivity index (χ4n) is 2.37. The van der Waals surface area contributed by atoms with Gasteiger partial charge in [0.25, 0.3) is 0 Å². The van der Waals surface area contributed by atoms with Gasteiger partial charge in [-0.25, -0.2) is 4.98 Å². The molecule has 0 saturated carbocycles. The van der Waals surface area contributed by atoms with Gasteiger partial charge < -0.3 is 10.0 Å². The first kappa shape index (κ1) is 13.0. The minimum absolute atomic E-state index is 0.0688. The van der Waals surface area contributed by atoms with E-state index in [-0.39, 0.29) is 6.61 Å². The highest BCUT2D eigenvalue weighted by molar-refractivity contribution is 7.09. The van der Waals surface area contributed by atoms with Crippen molar-refractivity contribution >= 4 is 11.3 Å². The number of piperidine rings is 1. The summed E-state index contributed by atoms with van der Waals surface area (Å²) >= 11 is 1.70. The van der Waals surface area contributed by atoms with Gasteiger partial charge in [0.1, 0.15) is 0 Å². The molecule has 1 aliphatic rings. The van der Waals surface area contributed by atoms with E-state index in [2.05, 4.69) is 23.7 Å². The zero-order chi connectivity index (χ0) is 12.3. The largest absolute Gasteiger partial charge is 0.390 e. The Balaban J connectivity index is 1.86. The van der Waals surface area contributed by atoms with Crippen LogP contribution in [0.15, 0.2) is 5.38 Å². The van der Waals surface area contributed by atoms with Crippen LogP contribution in [0.1, 0.15) is 43.3 Å². The molecular formula is C13H21N2OS. The average molecular weight is 253 g/mol. The average Bonchev–Trinajstić information content (AvgIpc) is 2.78. The molecule has 1 radical (unpaired) electrons. The summed E-state index contributed by atoms with van der Waals surface area (Å²) in [6, 6.07) is 0. The Bertz CT molecular complexity index is 343. The van der Waals surface area contributed by atoms with Gasteiger partial charge >= 0.3 is 0 Å². The van der Waals surface area contributed by atoms with Gasteiger partial charge in [-0.15, -0.1) is 11.3 Å². The van der Waals surface area contributed by atoms with E-state index >= 15 is 0 Å². The monoisotopic (exact) mass is 253 g/mol. The summed E-state index contributed by atoms with van der Waals surface area (Å²) in [5.74, 6) is 2.09. The van der Waals surface area contributed by atoms with Crippen molar-refractivity contribution in [3.8, 4) is 0 Å². The Morgan fingerprint density at radius 2 is 2.18 bits per heavy atom. The van der Waals surface area contributed by atoms with E-state index in [9.17, 15) is 0 Å². The summed E-state index contributed by atoms with van der Waals surface area (Å²) in [5.41, 5.74) is 0.824. The van der Waals surface area contributed by atoms with Gasteiger partial charge in [-0.2, -0.15) is 0 Å². The fraction of sp³-hybridized carbons (Fsp3) is 0.692. The molecule has 2 rings (SSSR count). The molecule has 2 heterocycles. The molecule has 1 saturated heterocycles. The number of likely N-dealkylation sites (tertiary alicyclic amines) is 1. The third-order valence-electron chi connectivity index (χ3n) is 3.21. The highest BCUT2D eigenvalue weighted by Gasteiger charge is 2.23. The van der Waals surface area contributed by atoms with Crippen LogP contribution in [0.3, 0.4) is 0 Å². The first-order chi connectivity index (χ1) is 8.19. The minimum Gasteiger partial charge on any atom is -0.390 e. The molecule has 17 heavy (non-hydrogen) atoms. The first-order valence-corrected chi connectivity index (χ1v) is 7.13. The normalized spacial score (nSPS) is 19.1. The van der Waals surface area contributed by atoms with E-state index in [1.807, 2.05) is 5.38 Å². The number of hydrogen-bond donors (Lipinski definition) is 1. The van der Waals surface area contributed by atoms with E-state index in [0.29, 0.717) is 5.92 Å². The maximum atomic E-state index is 9.02. The van der Waals surface area contributed by atoms with E-state index in [1.54, 1.807) is 11.3 Å². The van der Waals surface area contributed by atoms with Crippen molar-refractivity contribution in [1.29, 1.82) is 0 Å². The number of rotatable bonds is 4. The molecule has 0 bridgehead atoms. The number of aromatic nitrogens is 1. The molecule has 0 amide bonds. The lowest BCUT2D eigenvalue weighted by Gasteiger charge is -2.31. The van der Waals surface area contributed by atoms with Crippen LogP contribution in [0.5, 0.6) is 0 Å². The molecule has 3 nitrogen and oxygen atoms in total. The predicted molar refractivity (Wildman–Crippen MR) is 71.0 cm³/mol. The molecule has 0 spiro atoms. The zero-order valence-corrected chi connectivity index (χ0v) is 11.5. The number of hydrogen-bond acceptors (Lipinski definition) is 4. The second-order valence-electron chi connectivity index (χ2n) is 5.09. The summed E-state index contributed by atoms with van der Waals surface area (Å²) in [6.07, 6.45) is 2.40. The molecule has 1 aromatic rings. The third kappa shape index (κ3) is 3.50. The molecule has 0 unspecified atom stereocenters. The Kier molecular flexibility index (Phi) is 4.54. The topological polar surface area (TPSA) is 36.4 Å². The lowest BCUT2D eigenvalue weighted by atomic mass is 9.97. The van der Waals surface area contributed by atoms with Crippen molar-refractivity contribution in [3.63, 3.8) is 0 Å². The smallest absolute Gasteiger partial charge is 0.0961 e. The predicted octanol–water partition coefficient (Wildman–Crippen LogP) is 2.43. The van der Waals surface area contributed by atoms with E-state index in [0.717, 1.165) is 12.2 Å². The maximum Gasteiger partial charge on any atom is 0.0961 e. The van der Waals surface area contributed by atoms with Crippen LogP contribution in [-0.2, 0) is 6.61 Å². The zero-order valence-electron chi connectivity index (χ0n) is 10.6. The van der Waals surface area contributed by atoms with Gasteiger partial charge in [0.2, 0.25) is 0 Å². The van der Waals surface area contributed by atoms with Crippen LogP contribution in [-0.4, -0.2) is 34.6 Å². The molecular weight excluding hydrogens is 232 g/mol. The molecule has 0 aliphatic carbocycles. The van der Waals surface area contributed by atoms with Crippen molar-refractivity contribution in [2.24, 2.45) is 0 Å². The summed E-state index contributed by atoms with van der Waals surface area (Å²) in [5, 5.41) is 12.2. The fourth-order valence-corrected chi connectivity index (χ4v) is 3.35. The number of nitrogens with zero attached hydrogens (tertiary/aromatic N) is 2. The number of aliphatic hydroxyl groups is 1. The van der Waals surface area contributed by atoms with Crippen LogP contribution in [0.4, 0.5) is 0 Å². The molecule has 95 valence electrons. The van der Waals surface area contributed by atoms with Crippen molar-refractivity contribution in [2.45, 2.75) is 39.2 Å². The van der Waals surface area contributed by atoms with E-state index in [1.165, 1.54) is 36.9 Å². The van der Waals surface area contributed by atoms with Crippen molar-refractivity contribution in [2.75, 3.05) is 19.6 Å². The van der Waals surface area contributed by atoms with E-state index < -0.39 is 0 Å². The highest BCUT2D eigenvalue weighted by Crippen LogP contribution is 2.30. The third-order valence-corrected chi connectivity index (χ3v) is 4.26. The van der Waals surface area contributed by atoms with Gasteiger partial charge in [-0.3, -0.25) is 0 Å². The van der Waals surface area contributed by atoms with Gasteiger partial charge in [-0.1, -0.05) is 13.8 Å². The van der Waals surface area contributed by atoms with E-state index in [4.69, 9.17) is 5.11 Å². The molecule has 0 aromatic carbocycles. The van der Waals surface area contributed by atoms with Crippen molar-refractivity contribution < 1.29 is 5.11 Å². The standard InChI is InChI=1S/C13H21N2OS/c1-10(2)7-15-5-3-11(4-6-15)13-14-12(8-16)9-17-13/h9,11,16H,3-8H2,1-2H3. The van der Waals surface area contributed by atoms with Crippen LogP contribution in [0, 0.1) is 5.92 Å². The van der Waals surface area contributed by atoms with Crippen LogP contribution >= 0.6 is 11.3 Å². The molecule has 1 aromatic heterocycles. The highest BCUT2D eigenvalue weighted by atomic mass is 32.1. The summed E-state index contributed by atoms with van der Waals surface area (Å²) in [7, 11) is 0. The summed E-state index contributed by atoms with van der Waals surface area (Å²) in [4.78, 5) is 7.00. The number of aliphatic hydroxyl groups excluding tert-OH is 1. The number of thiazole rings is 1. The Morgan fingerprint density at radius 3 is 2.71 bits per heavy atom.